The molecule has 0 saturated carbocycles. The largest absolute Gasteiger partial charge is 0.462 e. The number of rotatable bonds is 7. The molecule has 2 heterocycles. The van der Waals surface area contributed by atoms with Crippen molar-refractivity contribution in [2.45, 2.75) is 32.2 Å². The molecule has 0 bridgehead atoms. The number of carbonyl (C=O) groups excluding carboxylic acids is 1. The highest BCUT2D eigenvalue weighted by Gasteiger charge is 2.27. The second-order valence-corrected chi connectivity index (χ2v) is 5.57. The highest BCUT2D eigenvalue weighted by Crippen LogP contribution is 2.28. The lowest BCUT2D eigenvalue weighted by molar-refractivity contribution is -0.148. The summed E-state index contributed by atoms with van der Waals surface area (Å²) in [7, 11) is 0. The Balaban J connectivity index is 1.73. The lowest BCUT2D eigenvalue weighted by Crippen LogP contribution is -2.35. The van der Waals surface area contributed by atoms with Gasteiger partial charge >= 0.3 is 5.97 Å². The van der Waals surface area contributed by atoms with Gasteiger partial charge in [0, 0.05) is 18.0 Å². The summed E-state index contributed by atoms with van der Waals surface area (Å²) in [4.78, 5) is 13.3. The van der Waals surface area contributed by atoms with E-state index in [2.05, 4.69) is 12.2 Å². The van der Waals surface area contributed by atoms with Crippen LogP contribution in [0.3, 0.4) is 0 Å². The Labute approximate surface area is 118 Å². The summed E-state index contributed by atoms with van der Waals surface area (Å²) in [6.07, 6.45) is 3.17. The van der Waals surface area contributed by atoms with Crippen LogP contribution < -0.4 is 5.32 Å². The maximum absolute atomic E-state index is 12.0. The molecule has 5 heteroatoms. The fourth-order valence-corrected chi connectivity index (χ4v) is 3.02. The number of esters is 1. The van der Waals surface area contributed by atoms with Gasteiger partial charge in [0.25, 0.3) is 0 Å². The maximum atomic E-state index is 12.0. The third-order valence-electron chi connectivity index (χ3n) is 3.14. The first-order valence-electron chi connectivity index (χ1n) is 6.87. The molecule has 0 fully saturated rings. The van der Waals surface area contributed by atoms with E-state index in [1.54, 1.807) is 11.3 Å². The molecule has 0 aliphatic carbocycles. The zero-order valence-electron chi connectivity index (χ0n) is 11.3. The van der Waals surface area contributed by atoms with Crippen molar-refractivity contribution in [3.63, 3.8) is 0 Å². The molecule has 0 saturated heterocycles. The number of thiophene rings is 1. The van der Waals surface area contributed by atoms with Crippen molar-refractivity contribution in [2.75, 3.05) is 26.4 Å². The predicted molar refractivity (Wildman–Crippen MR) is 75.5 cm³/mol. The summed E-state index contributed by atoms with van der Waals surface area (Å²) in [5.41, 5.74) is 1.08. The molecule has 2 rings (SSSR count). The first-order chi connectivity index (χ1) is 9.33. The van der Waals surface area contributed by atoms with Crippen molar-refractivity contribution in [1.29, 1.82) is 0 Å². The quantitative estimate of drug-likeness (QED) is 0.616. The Morgan fingerprint density at radius 2 is 2.37 bits per heavy atom. The van der Waals surface area contributed by atoms with Crippen LogP contribution in [0.15, 0.2) is 11.4 Å². The first-order valence-corrected chi connectivity index (χ1v) is 7.75. The Bertz CT molecular complexity index is 405. The molecule has 0 amide bonds. The molecule has 1 aromatic heterocycles. The maximum Gasteiger partial charge on any atom is 0.327 e. The van der Waals surface area contributed by atoms with Gasteiger partial charge in [-0.05, 0) is 29.9 Å². The Morgan fingerprint density at radius 3 is 3.21 bits per heavy atom. The zero-order valence-corrected chi connectivity index (χ0v) is 12.1. The van der Waals surface area contributed by atoms with E-state index in [1.165, 1.54) is 4.88 Å². The van der Waals surface area contributed by atoms with Crippen LogP contribution in [0, 0.1) is 0 Å². The van der Waals surface area contributed by atoms with E-state index in [0.29, 0.717) is 13.2 Å². The minimum atomic E-state index is -0.300. The van der Waals surface area contributed by atoms with Gasteiger partial charge in [0.1, 0.15) is 12.6 Å². The van der Waals surface area contributed by atoms with E-state index < -0.39 is 0 Å². The van der Waals surface area contributed by atoms with E-state index in [-0.39, 0.29) is 12.0 Å². The van der Waals surface area contributed by atoms with E-state index in [1.807, 2.05) is 11.4 Å². The topological polar surface area (TPSA) is 47.6 Å². The normalized spacial score (nSPS) is 18.1. The van der Waals surface area contributed by atoms with Crippen LogP contribution in [-0.4, -0.2) is 32.3 Å². The zero-order chi connectivity index (χ0) is 13.5. The summed E-state index contributed by atoms with van der Waals surface area (Å²) >= 11 is 1.71. The van der Waals surface area contributed by atoms with Crippen LogP contribution in [-0.2, 0) is 20.7 Å². The molecule has 106 valence electrons. The molecule has 1 N–H and O–H groups in total. The van der Waals surface area contributed by atoms with Gasteiger partial charge < -0.3 is 14.8 Å². The highest BCUT2D eigenvalue weighted by atomic mass is 32.1. The molecule has 1 aliphatic rings. The van der Waals surface area contributed by atoms with Crippen molar-refractivity contribution < 1.29 is 14.3 Å². The van der Waals surface area contributed by atoms with E-state index >= 15 is 0 Å². The smallest absolute Gasteiger partial charge is 0.327 e. The summed E-state index contributed by atoms with van der Waals surface area (Å²) in [5, 5.41) is 5.25. The minimum absolute atomic E-state index is 0.196. The molecule has 1 aliphatic heterocycles. The van der Waals surface area contributed by atoms with Gasteiger partial charge in [-0.3, -0.25) is 0 Å². The van der Waals surface area contributed by atoms with E-state index in [0.717, 1.165) is 38.0 Å². The van der Waals surface area contributed by atoms with Gasteiger partial charge in [-0.25, -0.2) is 4.79 Å². The summed E-state index contributed by atoms with van der Waals surface area (Å²) < 4.78 is 10.6. The average molecular weight is 283 g/mol. The van der Waals surface area contributed by atoms with Crippen LogP contribution in [0.4, 0.5) is 0 Å². The molecule has 1 aromatic rings. The second-order valence-electron chi connectivity index (χ2n) is 4.57. The van der Waals surface area contributed by atoms with Crippen LogP contribution in [0.2, 0.25) is 0 Å². The SMILES string of the molecule is CCCCOCCOC(=O)C1NCCc2sccc21. The Kier molecular flexibility index (Phi) is 5.82. The molecule has 0 spiro atoms. The number of hydrogen-bond acceptors (Lipinski definition) is 5. The average Bonchev–Trinajstić information content (AvgIpc) is 2.90. The van der Waals surface area contributed by atoms with Crippen LogP contribution in [0.5, 0.6) is 0 Å². The standard InChI is InChI=1S/C14H21NO3S/c1-2-3-7-17-8-9-18-14(16)13-11-5-10-19-12(11)4-6-15-13/h5,10,13,15H,2-4,6-9H2,1H3. The number of fused-ring (bicyclic) bond motifs is 1. The third kappa shape index (κ3) is 4.03. The van der Waals surface area contributed by atoms with Gasteiger partial charge in [0.15, 0.2) is 0 Å². The number of nitrogens with one attached hydrogen (secondary N) is 1. The number of unbranched alkanes of at least 4 members (excludes halogenated alkanes) is 1. The molecule has 4 nitrogen and oxygen atoms in total. The summed E-state index contributed by atoms with van der Waals surface area (Å²) in [6.45, 7) is 4.51. The lowest BCUT2D eigenvalue weighted by Gasteiger charge is -2.22. The van der Waals surface area contributed by atoms with Gasteiger partial charge in [-0.2, -0.15) is 0 Å². The van der Waals surface area contributed by atoms with Crippen molar-refractivity contribution >= 4 is 17.3 Å². The Morgan fingerprint density at radius 1 is 1.47 bits per heavy atom. The van der Waals surface area contributed by atoms with Gasteiger partial charge in [-0.15, -0.1) is 11.3 Å². The molecule has 1 atom stereocenters. The van der Waals surface area contributed by atoms with Crippen molar-refractivity contribution in [3.05, 3.63) is 21.9 Å². The van der Waals surface area contributed by atoms with Crippen LogP contribution in [0.1, 0.15) is 36.2 Å². The van der Waals surface area contributed by atoms with E-state index in [4.69, 9.17) is 9.47 Å². The van der Waals surface area contributed by atoms with Crippen molar-refractivity contribution in [1.82, 2.24) is 5.32 Å². The molecular weight excluding hydrogens is 262 g/mol. The van der Waals surface area contributed by atoms with Gasteiger partial charge in [0.2, 0.25) is 0 Å². The first kappa shape index (κ1) is 14.5. The molecule has 1 unspecified atom stereocenters. The molecular formula is C14H21NO3S. The molecule has 0 radical (unpaired) electrons. The van der Waals surface area contributed by atoms with Crippen molar-refractivity contribution in [3.8, 4) is 0 Å². The summed E-state index contributed by atoms with van der Waals surface area (Å²) in [6, 6.07) is 1.71. The van der Waals surface area contributed by atoms with Crippen LogP contribution in [0.25, 0.3) is 0 Å². The molecule has 0 aromatic carbocycles. The van der Waals surface area contributed by atoms with Crippen molar-refractivity contribution in [2.24, 2.45) is 0 Å². The Hall–Kier alpha value is -0.910. The molecule has 19 heavy (non-hydrogen) atoms. The van der Waals surface area contributed by atoms with Crippen LogP contribution >= 0.6 is 11.3 Å². The minimum Gasteiger partial charge on any atom is -0.462 e. The summed E-state index contributed by atoms with van der Waals surface area (Å²) in [5.74, 6) is -0.196. The number of carbonyl (C=O) groups is 1. The van der Waals surface area contributed by atoms with Gasteiger partial charge in [0.05, 0.1) is 6.61 Å². The lowest BCUT2D eigenvalue weighted by atomic mass is 10.0. The fraction of sp³-hybridized carbons (Fsp3) is 0.643. The fourth-order valence-electron chi connectivity index (χ4n) is 2.09. The number of ether oxygens (including phenoxy) is 2. The third-order valence-corrected chi connectivity index (χ3v) is 4.14. The predicted octanol–water partition coefficient (Wildman–Crippen LogP) is 2.29. The van der Waals surface area contributed by atoms with E-state index in [9.17, 15) is 4.79 Å². The van der Waals surface area contributed by atoms with Gasteiger partial charge in [-0.1, -0.05) is 13.3 Å². The number of hydrogen-bond donors (Lipinski definition) is 1. The monoisotopic (exact) mass is 283 g/mol. The highest BCUT2D eigenvalue weighted by molar-refractivity contribution is 7.10. The second kappa shape index (κ2) is 7.62.